The van der Waals surface area contributed by atoms with Gasteiger partial charge in [-0.15, -0.1) is 11.3 Å². The van der Waals surface area contributed by atoms with Crippen LogP contribution in [0.3, 0.4) is 0 Å². The minimum atomic E-state index is -1.00. The second-order valence-electron chi connectivity index (χ2n) is 6.98. The van der Waals surface area contributed by atoms with E-state index in [1.807, 2.05) is 35.7 Å². The maximum absolute atomic E-state index is 13.4. The van der Waals surface area contributed by atoms with Crippen LogP contribution in [-0.4, -0.2) is 22.2 Å². The molecular weight excluding hydrogens is 423 g/mol. The van der Waals surface area contributed by atoms with Crippen molar-refractivity contribution >= 4 is 39.8 Å². The van der Waals surface area contributed by atoms with Gasteiger partial charge >= 0.3 is 5.97 Å². The van der Waals surface area contributed by atoms with Crippen molar-refractivity contribution in [1.82, 2.24) is 9.88 Å². The summed E-state index contributed by atoms with van der Waals surface area (Å²) in [6.45, 7) is 1.44. The maximum Gasteiger partial charge on any atom is 0.352 e. The Morgan fingerprint density at radius 1 is 1.17 bits per heavy atom. The number of para-hydroxylation sites is 1. The lowest BCUT2D eigenvalue weighted by Gasteiger charge is -2.11. The molecule has 0 aliphatic rings. The number of aromatic nitrogens is 1. The number of hydrogen-bond acceptors (Lipinski definition) is 3. The molecule has 0 aliphatic heterocycles. The van der Waals surface area contributed by atoms with Crippen LogP contribution in [0.25, 0.3) is 10.9 Å². The number of nitrogens with zero attached hydrogens (tertiary/aromatic N) is 1. The van der Waals surface area contributed by atoms with Gasteiger partial charge in [-0.3, -0.25) is 0 Å². The maximum atomic E-state index is 13.4. The molecular formula is C23H20ClFN2O2S. The van der Waals surface area contributed by atoms with Crippen LogP contribution in [0.2, 0.25) is 5.02 Å². The van der Waals surface area contributed by atoms with Crippen molar-refractivity contribution in [1.29, 1.82) is 0 Å². The van der Waals surface area contributed by atoms with Gasteiger partial charge in [0.15, 0.2) is 0 Å². The van der Waals surface area contributed by atoms with Gasteiger partial charge in [-0.05, 0) is 41.6 Å². The van der Waals surface area contributed by atoms with Gasteiger partial charge in [-0.25, -0.2) is 9.18 Å². The van der Waals surface area contributed by atoms with E-state index in [2.05, 4.69) is 11.4 Å². The number of benzene rings is 2. The van der Waals surface area contributed by atoms with Gasteiger partial charge in [-0.1, -0.05) is 41.9 Å². The summed E-state index contributed by atoms with van der Waals surface area (Å²) in [5.41, 5.74) is 2.44. The summed E-state index contributed by atoms with van der Waals surface area (Å²) in [5, 5.41) is 16.6. The van der Waals surface area contributed by atoms with Crippen LogP contribution < -0.4 is 5.32 Å². The van der Waals surface area contributed by atoms with Crippen LogP contribution >= 0.6 is 22.9 Å². The monoisotopic (exact) mass is 442 g/mol. The molecule has 2 N–H and O–H groups in total. The van der Waals surface area contributed by atoms with E-state index < -0.39 is 11.8 Å². The Kier molecular flexibility index (Phi) is 6.18. The normalized spacial score (nSPS) is 11.3. The Hall–Kier alpha value is -2.67. The van der Waals surface area contributed by atoms with Crippen LogP contribution in [0.1, 0.15) is 26.5 Å². The van der Waals surface area contributed by atoms with Crippen molar-refractivity contribution < 1.29 is 14.3 Å². The van der Waals surface area contributed by atoms with E-state index in [0.29, 0.717) is 12.1 Å². The number of halogens is 2. The number of carboxylic acids is 1. The van der Waals surface area contributed by atoms with Crippen molar-refractivity contribution in [3.8, 4) is 0 Å². The SMILES string of the molecule is O=C(O)c1c(CNCCc2cccs2)c2ccccc2n1Cc1ccc(F)cc1Cl. The number of carboxylic acid groups (broad SMARTS) is 1. The van der Waals surface area contributed by atoms with Crippen molar-refractivity contribution in [3.63, 3.8) is 0 Å². The second kappa shape index (κ2) is 9.00. The van der Waals surface area contributed by atoms with Crippen molar-refractivity contribution in [2.45, 2.75) is 19.5 Å². The first-order valence-corrected chi connectivity index (χ1v) is 10.8. The molecule has 0 fully saturated rings. The lowest BCUT2D eigenvalue weighted by atomic mass is 10.1. The molecule has 0 bridgehead atoms. The topological polar surface area (TPSA) is 54.3 Å². The van der Waals surface area contributed by atoms with Gasteiger partial charge in [0, 0.05) is 46.0 Å². The molecule has 4 aromatic rings. The average molecular weight is 443 g/mol. The lowest BCUT2D eigenvalue weighted by molar-refractivity contribution is 0.0684. The largest absolute Gasteiger partial charge is 0.477 e. The smallest absolute Gasteiger partial charge is 0.352 e. The van der Waals surface area contributed by atoms with E-state index in [0.717, 1.165) is 29.4 Å². The van der Waals surface area contributed by atoms with E-state index >= 15 is 0 Å². The number of aromatic carboxylic acids is 1. The predicted molar refractivity (Wildman–Crippen MR) is 119 cm³/mol. The number of thiophene rings is 1. The van der Waals surface area contributed by atoms with Crippen LogP contribution in [0.15, 0.2) is 60.0 Å². The van der Waals surface area contributed by atoms with Crippen molar-refractivity contribution in [3.05, 3.63) is 92.5 Å². The average Bonchev–Trinajstić information content (AvgIpc) is 3.34. The highest BCUT2D eigenvalue weighted by molar-refractivity contribution is 7.09. The third-order valence-corrected chi connectivity index (χ3v) is 6.34. The van der Waals surface area contributed by atoms with Gasteiger partial charge in [-0.2, -0.15) is 0 Å². The van der Waals surface area contributed by atoms with Crippen LogP contribution in [0, 0.1) is 5.82 Å². The fourth-order valence-corrected chi connectivity index (χ4v) is 4.60. The van der Waals surface area contributed by atoms with E-state index in [-0.39, 0.29) is 17.3 Å². The summed E-state index contributed by atoms with van der Waals surface area (Å²) >= 11 is 7.92. The van der Waals surface area contributed by atoms with Gasteiger partial charge in [0.05, 0.1) is 0 Å². The number of nitrogens with one attached hydrogen (secondary N) is 1. The van der Waals surface area contributed by atoms with Crippen LogP contribution in [-0.2, 0) is 19.5 Å². The molecule has 0 aliphatic carbocycles. The van der Waals surface area contributed by atoms with E-state index in [1.54, 1.807) is 22.0 Å². The summed E-state index contributed by atoms with van der Waals surface area (Å²) in [6.07, 6.45) is 0.893. The number of hydrogen-bond donors (Lipinski definition) is 2. The molecule has 154 valence electrons. The van der Waals surface area contributed by atoms with E-state index in [9.17, 15) is 14.3 Å². The Balaban J connectivity index is 1.67. The minimum Gasteiger partial charge on any atom is -0.477 e. The quantitative estimate of drug-likeness (QED) is 0.350. The minimum absolute atomic E-state index is 0.222. The van der Waals surface area contributed by atoms with Gasteiger partial charge < -0.3 is 15.0 Å². The summed E-state index contributed by atoms with van der Waals surface area (Å²) in [6, 6.07) is 15.9. The first kappa shape index (κ1) is 20.6. The van der Waals surface area contributed by atoms with Crippen LogP contribution in [0.5, 0.6) is 0 Å². The predicted octanol–water partition coefficient (Wildman–Crippen LogP) is 5.57. The highest BCUT2D eigenvalue weighted by Crippen LogP contribution is 2.29. The highest BCUT2D eigenvalue weighted by Gasteiger charge is 2.22. The standard InChI is InChI=1S/C23H20ClFN2O2S/c24-20-12-16(25)8-7-15(20)14-27-21-6-2-1-5-18(21)19(22(27)23(28)29)13-26-10-9-17-4-3-11-30-17/h1-8,11-12,26H,9-10,13-14H2,(H,28,29). The molecule has 2 aromatic heterocycles. The van der Waals surface area contributed by atoms with E-state index in [4.69, 9.17) is 11.6 Å². The Labute approximate surface area is 182 Å². The second-order valence-corrected chi connectivity index (χ2v) is 8.42. The molecule has 30 heavy (non-hydrogen) atoms. The molecule has 0 amide bonds. The molecule has 0 radical (unpaired) electrons. The molecule has 4 nitrogen and oxygen atoms in total. The lowest BCUT2D eigenvalue weighted by Crippen LogP contribution is -2.19. The molecule has 2 heterocycles. The Morgan fingerprint density at radius 3 is 2.73 bits per heavy atom. The first-order valence-electron chi connectivity index (χ1n) is 9.55. The number of rotatable bonds is 8. The number of carbonyl (C=O) groups is 1. The van der Waals surface area contributed by atoms with Crippen molar-refractivity contribution in [2.75, 3.05) is 6.54 Å². The zero-order chi connectivity index (χ0) is 21.1. The fourth-order valence-electron chi connectivity index (χ4n) is 3.66. The first-order chi connectivity index (χ1) is 14.5. The van der Waals surface area contributed by atoms with Gasteiger partial charge in [0.2, 0.25) is 0 Å². The van der Waals surface area contributed by atoms with Crippen molar-refractivity contribution in [2.24, 2.45) is 0 Å². The highest BCUT2D eigenvalue weighted by atomic mass is 35.5. The van der Waals surface area contributed by atoms with Gasteiger partial charge in [0.25, 0.3) is 0 Å². The third kappa shape index (κ3) is 4.26. The molecule has 0 spiro atoms. The zero-order valence-electron chi connectivity index (χ0n) is 16.1. The summed E-state index contributed by atoms with van der Waals surface area (Å²) in [7, 11) is 0. The zero-order valence-corrected chi connectivity index (χ0v) is 17.6. The fraction of sp³-hybridized carbons (Fsp3) is 0.174. The molecule has 0 atom stereocenters. The Bertz CT molecular complexity index is 1190. The Morgan fingerprint density at radius 2 is 2.00 bits per heavy atom. The third-order valence-electron chi connectivity index (χ3n) is 5.05. The molecule has 2 aromatic carbocycles. The number of fused-ring (bicyclic) bond motifs is 1. The molecule has 0 unspecified atom stereocenters. The summed E-state index contributed by atoms with van der Waals surface area (Å²) in [4.78, 5) is 13.5. The summed E-state index contributed by atoms with van der Waals surface area (Å²) in [5.74, 6) is -1.42. The molecule has 4 rings (SSSR count). The van der Waals surface area contributed by atoms with Crippen LogP contribution in [0.4, 0.5) is 4.39 Å². The molecule has 0 saturated heterocycles. The molecule has 7 heteroatoms. The van der Waals surface area contributed by atoms with E-state index in [1.165, 1.54) is 17.0 Å². The molecule has 0 saturated carbocycles. The van der Waals surface area contributed by atoms with Gasteiger partial charge in [0.1, 0.15) is 11.5 Å². The summed E-state index contributed by atoms with van der Waals surface area (Å²) < 4.78 is 15.2.